The highest BCUT2D eigenvalue weighted by Crippen LogP contribution is 2.32. The number of carbonyl (C=O) groups is 1. The maximum atomic E-state index is 12.3. The van der Waals surface area contributed by atoms with Crippen molar-refractivity contribution in [2.45, 2.75) is 13.8 Å². The molecule has 1 aliphatic rings. The SMILES string of the molecule is Cc1ccc(C(=O)NC(=S)Nc2ccc3c(c2)OCCO3)cc1C. The molecule has 0 unspecified atom stereocenters. The average Bonchev–Trinajstić information content (AvgIpc) is 2.57. The standard InChI is InChI=1S/C18H18N2O3S/c1-11-3-4-13(9-12(11)2)17(21)20-18(24)19-14-5-6-15-16(10-14)23-8-7-22-15/h3-6,9-10H,7-8H2,1-2H3,(H2,19,20,21,24). The molecule has 1 amide bonds. The maximum absolute atomic E-state index is 12.3. The van der Waals surface area contributed by atoms with E-state index in [1.54, 1.807) is 12.1 Å². The predicted octanol–water partition coefficient (Wildman–Crippen LogP) is 3.20. The number of anilines is 1. The van der Waals surface area contributed by atoms with Gasteiger partial charge in [0, 0.05) is 17.3 Å². The number of ether oxygens (including phenoxy) is 2. The topological polar surface area (TPSA) is 59.6 Å². The van der Waals surface area contributed by atoms with Gasteiger partial charge in [-0.2, -0.15) is 0 Å². The molecule has 0 spiro atoms. The van der Waals surface area contributed by atoms with Crippen LogP contribution in [0.25, 0.3) is 0 Å². The van der Waals surface area contributed by atoms with Crippen LogP contribution in [0, 0.1) is 13.8 Å². The zero-order chi connectivity index (χ0) is 17.1. The zero-order valence-electron chi connectivity index (χ0n) is 13.5. The molecule has 0 aliphatic carbocycles. The minimum atomic E-state index is -0.242. The summed E-state index contributed by atoms with van der Waals surface area (Å²) in [6.45, 7) is 5.04. The second kappa shape index (κ2) is 6.88. The highest BCUT2D eigenvalue weighted by molar-refractivity contribution is 7.80. The van der Waals surface area contributed by atoms with Gasteiger partial charge in [0.2, 0.25) is 0 Å². The lowest BCUT2D eigenvalue weighted by Crippen LogP contribution is -2.34. The lowest BCUT2D eigenvalue weighted by atomic mass is 10.1. The molecule has 5 nitrogen and oxygen atoms in total. The van der Waals surface area contributed by atoms with E-state index in [0.717, 1.165) is 16.8 Å². The lowest BCUT2D eigenvalue weighted by Gasteiger charge is -2.19. The largest absolute Gasteiger partial charge is 0.486 e. The van der Waals surface area contributed by atoms with Gasteiger partial charge >= 0.3 is 0 Å². The summed E-state index contributed by atoms with van der Waals surface area (Å²) in [4.78, 5) is 12.3. The fourth-order valence-electron chi connectivity index (χ4n) is 2.34. The lowest BCUT2D eigenvalue weighted by molar-refractivity contribution is 0.0977. The minimum Gasteiger partial charge on any atom is -0.486 e. The summed E-state index contributed by atoms with van der Waals surface area (Å²) >= 11 is 5.21. The molecule has 124 valence electrons. The van der Waals surface area contributed by atoms with Gasteiger partial charge in [-0.1, -0.05) is 6.07 Å². The smallest absolute Gasteiger partial charge is 0.257 e. The first kappa shape index (κ1) is 16.3. The summed E-state index contributed by atoms with van der Waals surface area (Å²) in [6.07, 6.45) is 0. The van der Waals surface area contributed by atoms with E-state index in [1.807, 2.05) is 38.1 Å². The number of nitrogens with one attached hydrogen (secondary N) is 2. The Kier molecular flexibility index (Phi) is 4.66. The van der Waals surface area contributed by atoms with Gasteiger partial charge in [-0.3, -0.25) is 10.1 Å². The normalized spacial score (nSPS) is 12.4. The highest BCUT2D eigenvalue weighted by Gasteiger charge is 2.13. The zero-order valence-corrected chi connectivity index (χ0v) is 14.3. The van der Waals surface area contributed by atoms with Crippen molar-refractivity contribution in [1.29, 1.82) is 0 Å². The number of carbonyl (C=O) groups excluding carboxylic acids is 1. The Labute approximate surface area is 146 Å². The quantitative estimate of drug-likeness (QED) is 0.821. The number of amides is 1. The molecule has 2 aromatic rings. The number of thiocarbonyl (C=S) groups is 1. The predicted molar refractivity (Wildman–Crippen MR) is 97.0 cm³/mol. The van der Waals surface area contributed by atoms with E-state index in [0.29, 0.717) is 30.3 Å². The van der Waals surface area contributed by atoms with Gasteiger partial charge in [-0.15, -0.1) is 0 Å². The van der Waals surface area contributed by atoms with Gasteiger partial charge in [0.05, 0.1) is 0 Å². The van der Waals surface area contributed by atoms with E-state index < -0.39 is 0 Å². The first-order chi connectivity index (χ1) is 11.5. The van der Waals surface area contributed by atoms with Gasteiger partial charge in [-0.05, 0) is 61.5 Å². The van der Waals surface area contributed by atoms with Crippen LogP contribution >= 0.6 is 12.2 Å². The molecule has 0 aromatic heterocycles. The highest BCUT2D eigenvalue weighted by atomic mass is 32.1. The third-order valence-corrected chi connectivity index (χ3v) is 4.00. The monoisotopic (exact) mass is 342 g/mol. The van der Waals surface area contributed by atoms with Gasteiger partial charge in [-0.25, -0.2) is 0 Å². The van der Waals surface area contributed by atoms with Crippen molar-refractivity contribution < 1.29 is 14.3 Å². The van der Waals surface area contributed by atoms with Gasteiger partial charge in [0.25, 0.3) is 5.91 Å². The Morgan fingerprint density at radius 3 is 2.50 bits per heavy atom. The average molecular weight is 342 g/mol. The molecule has 2 N–H and O–H groups in total. The van der Waals surface area contributed by atoms with E-state index in [4.69, 9.17) is 21.7 Å². The number of rotatable bonds is 2. The van der Waals surface area contributed by atoms with E-state index in [2.05, 4.69) is 10.6 Å². The first-order valence-corrected chi connectivity index (χ1v) is 8.03. The molecule has 0 atom stereocenters. The van der Waals surface area contributed by atoms with Gasteiger partial charge in [0.1, 0.15) is 13.2 Å². The van der Waals surface area contributed by atoms with Crippen molar-refractivity contribution in [3.8, 4) is 11.5 Å². The summed E-state index contributed by atoms with van der Waals surface area (Å²) in [5.74, 6) is 1.12. The molecule has 24 heavy (non-hydrogen) atoms. The van der Waals surface area contributed by atoms with Crippen LogP contribution in [0.4, 0.5) is 5.69 Å². The van der Waals surface area contributed by atoms with Gasteiger partial charge in [0.15, 0.2) is 16.6 Å². The van der Waals surface area contributed by atoms with E-state index in [1.165, 1.54) is 0 Å². The van der Waals surface area contributed by atoms with Crippen LogP contribution in [-0.2, 0) is 0 Å². The Morgan fingerprint density at radius 1 is 1.00 bits per heavy atom. The molecule has 6 heteroatoms. The molecule has 2 aromatic carbocycles. The van der Waals surface area contributed by atoms with Crippen LogP contribution in [0.2, 0.25) is 0 Å². The van der Waals surface area contributed by atoms with Crippen LogP contribution in [-0.4, -0.2) is 24.2 Å². The second-order valence-corrected chi connectivity index (χ2v) is 5.97. The molecule has 1 heterocycles. The Hall–Kier alpha value is -2.60. The number of hydrogen-bond acceptors (Lipinski definition) is 4. The molecular weight excluding hydrogens is 324 g/mol. The molecule has 0 saturated carbocycles. The summed E-state index contributed by atoms with van der Waals surface area (Å²) in [7, 11) is 0. The number of hydrogen-bond donors (Lipinski definition) is 2. The molecule has 3 rings (SSSR count). The number of benzene rings is 2. The molecular formula is C18H18N2O3S. The maximum Gasteiger partial charge on any atom is 0.257 e. The van der Waals surface area contributed by atoms with Crippen molar-refractivity contribution in [1.82, 2.24) is 5.32 Å². The Bertz CT molecular complexity index is 805. The van der Waals surface area contributed by atoms with Crippen LogP contribution in [0.15, 0.2) is 36.4 Å². The summed E-state index contributed by atoms with van der Waals surface area (Å²) in [5, 5.41) is 5.89. The van der Waals surface area contributed by atoms with Crippen molar-refractivity contribution in [3.05, 3.63) is 53.1 Å². The minimum absolute atomic E-state index is 0.231. The van der Waals surface area contributed by atoms with Crippen molar-refractivity contribution in [2.24, 2.45) is 0 Å². The third kappa shape index (κ3) is 3.65. The van der Waals surface area contributed by atoms with Crippen molar-refractivity contribution in [3.63, 3.8) is 0 Å². The van der Waals surface area contributed by atoms with Crippen molar-refractivity contribution in [2.75, 3.05) is 18.5 Å². The molecule has 0 fully saturated rings. The van der Waals surface area contributed by atoms with Crippen molar-refractivity contribution >= 4 is 28.9 Å². The summed E-state index contributed by atoms with van der Waals surface area (Å²) < 4.78 is 11.0. The number of aryl methyl sites for hydroxylation is 2. The molecule has 1 aliphatic heterocycles. The van der Waals surface area contributed by atoms with Crippen LogP contribution < -0.4 is 20.1 Å². The number of fused-ring (bicyclic) bond motifs is 1. The van der Waals surface area contributed by atoms with Crippen LogP contribution in [0.5, 0.6) is 11.5 Å². The first-order valence-electron chi connectivity index (χ1n) is 7.62. The Morgan fingerprint density at radius 2 is 1.75 bits per heavy atom. The van der Waals surface area contributed by atoms with Crippen LogP contribution in [0.3, 0.4) is 0 Å². The molecule has 0 radical (unpaired) electrons. The second-order valence-electron chi connectivity index (χ2n) is 5.57. The third-order valence-electron chi connectivity index (χ3n) is 3.80. The fraction of sp³-hybridized carbons (Fsp3) is 0.222. The fourth-order valence-corrected chi connectivity index (χ4v) is 2.55. The molecule has 0 saturated heterocycles. The van der Waals surface area contributed by atoms with E-state index in [-0.39, 0.29) is 11.0 Å². The van der Waals surface area contributed by atoms with Gasteiger partial charge < -0.3 is 14.8 Å². The van der Waals surface area contributed by atoms with E-state index in [9.17, 15) is 4.79 Å². The van der Waals surface area contributed by atoms with Crippen LogP contribution in [0.1, 0.15) is 21.5 Å². The Balaban J connectivity index is 1.64. The summed E-state index contributed by atoms with van der Waals surface area (Å²) in [5.41, 5.74) is 3.51. The van der Waals surface area contributed by atoms with E-state index >= 15 is 0 Å². The summed E-state index contributed by atoms with van der Waals surface area (Å²) in [6, 6.07) is 11.0. The molecule has 0 bridgehead atoms.